The zero-order valence-corrected chi connectivity index (χ0v) is 17.0. The lowest BCUT2D eigenvalue weighted by Crippen LogP contribution is -2.19. The fourth-order valence-corrected chi connectivity index (χ4v) is 4.55. The summed E-state index contributed by atoms with van der Waals surface area (Å²) in [6.07, 6.45) is 2.38. The van der Waals surface area contributed by atoms with Gasteiger partial charge in [0.15, 0.2) is 5.82 Å². The van der Waals surface area contributed by atoms with E-state index >= 15 is 0 Å². The summed E-state index contributed by atoms with van der Waals surface area (Å²) in [6, 6.07) is 8.57. The van der Waals surface area contributed by atoms with Crippen molar-refractivity contribution in [2.45, 2.75) is 19.4 Å². The number of imidazole rings is 1. The molecule has 4 aromatic rings. The zero-order valence-electron chi connectivity index (χ0n) is 17.0. The molecule has 0 spiro atoms. The van der Waals surface area contributed by atoms with Gasteiger partial charge in [-0.25, -0.2) is 14.2 Å². The Kier molecular flexibility index (Phi) is 3.81. The SMILES string of the molecule is Cn1c(-c2cc3ccc4c(c3n2CC2CC2)NCCO4)nc2cc(C(=O)O)cc(F)c21. The predicted molar refractivity (Wildman–Crippen MR) is 115 cm³/mol. The Morgan fingerprint density at radius 3 is 2.90 bits per heavy atom. The number of anilines is 1. The van der Waals surface area contributed by atoms with Crippen LogP contribution < -0.4 is 10.1 Å². The number of aromatic carboxylic acids is 1. The van der Waals surface area contributed by atoms with Crippen LogP contribution in [0.5, 0.6) is 5.75 Å². The molecule has 1 fully saturated rings. The molecule has 0 bridgehead atoms. The largest absolute Gasteiger partial charge is 0.490 e. The number of carbonyl (C=O) groups is 1. The quantitative estimate of drug-likeness (QED) is 0.516. The molecule has 6 rings (SSSR count). The Morgan fingerprint density at radius 2 is 2.13 bits per heavy atom. The van der Waals surface area contributed by atoms with Gasteiger partial charge in [-0.05, 0) is 49.1 Å². The standard InChI is InChI=1S/C23H21FN4O3/c1-27-21-15(24)8-14(23(29)30)9-16(21)26-22(27)17-10-13-4-5-18-19(25-6-7-31-18)20(13)28(17)11-12-2-3-12/h4-5,8-10,12,25H,2-3,6-7,11H2,1H3,(H,29,30). The lowest BCUT2D eigenvalue weighted by atomic mass is 10.2. The first-order valence-corrected chi connectivity index (χ1v) is 10.4. The number of hydrogen-bond donors (Lipinski definition) is 2. The Labute approximate surface area is 177 Å². The molecule has 8 heteroatoms. The number of fused-ring (bicyclic) bond motifs is 4. The van der Waals surface area contributed by atoms with Crippen molar-refractivity contribution in [3.05, 3.63) is 41.7 Å². The number of nitrogens with one attached hydrogen (secondary N) is 1. The highest BCUT2D eigenvalue weighted by atomic mass is 19.1. The summed E-state index contributed by atoms with van der Waals surface area (Å²) in [4.78, 5) is 16.0. The molecule has 3 heterocycles. The van der Waals surface area contributed by atoms with Crippen LogP contribution in [0.2, 0.25) is 0 Å². The summed E-state index contributed by atoms with van der Waals surface area (Å²) in [5.74, 6) is 0.295. The summed E-state index contributed by atoms with van der Waals surface area (Å²) in [5, 5.41) is 13.8. The van der Waals surface area contributed by atoms with Crippen LogP contribution in [0.15, 0.2) is 30.3 Å². The van der Waals surface area contributed by atoms with E-state index in [-0.39, 0.29) is 5.56 Å². The highest BCUT2D eigenvalue weighted by molar-refractivity contribution is 5.99. The monoisotopic (exact) mass is 420 g/mol. The number of halogens is 1. The summed E-state index contributed by atoms with van der Waals surface area (Å²) >= 11 is 0. The molecule has 0 radical (unpaired) electrons. The molecule has 1 aliphatic heterocycles. The van der Waals surface area contributed by atoms with Gasteiger partial charge >= 0.3 is 5.97 Å². The fourth-order valence-electron chi connectivity index (χ4n) is 4.55. The second kappa shape index (κ2) is 6.47. The Hall–Kier alpha value is -3.55. The van der Waals surface area contributed by atoms with E-state index in [1.165, 1.54) is 18.9 Å². The number of rotatable bonds is 4. The molecule has 158 valence electrons. The minimum atomic E-state index is -1.17. The van der Waals surface area contributed by atoms with Crippen molar-refractivity contribution >= 4 is 33.6 Å². The van der Waals surface area contributed by atoms with Gasteiger partial charge in [0.25, 0.3) is 0 Å². The maximum absolute atomic E-state index is 14.8. The Balaban J connectivity index is 1.62. The third-order valence-electron chi connectivity index (χ3n) is 6.22. The smallest absolute Gasteiger partial charge is 0.335 e. The van der Waals surface area contributed by atoms with Crippen LogP contribution in [0.3, 0.4) is 0 Å². The van der Waals surface area contributed by atoms with Gasteiger partial charge < -0.3 is 24.3 Å². The maximum Gasteiger partial charge on any atom is 0.335 e. The van der Waals surface area contributed by atoms with Crippen molar-refractivity contribution in [2.75, 3.05) is 18.5 Å². The minimum absolute atomic E-state index is 0.108. The third kappa shape index (κ3) is 2.78. The van der Waals surface area contributed by atoms with Gasteiger partial charge in [0.2, 0.25) is 0 Å². The van der Waals surface area contributed by atoms with Crippen molar-refractivity contribution in [3.63, 3.8) is 0 Å². The lowest BCUT2D eigenvalue weighted by molar-refractivity contribution is 0.0696. The number of ether oxygens (including phenoxy) is 1. The number of aromatic nitrogens is 3. The van der Waals surface area contributed by atoms with Crippen LogP contribution in [0.4, 0.5) is 10.1 Å². The Bertz CT molecular complexity index is 1380. The molecule has 1 saturated carbocycles. The first-order valence-electron chi connectivity index (χ1n) is 10.4. The average Bonchev–Trinajstić information content (AvgIpc) is 3.41. The zero-order chi connectivity index (χ0) is 21.3. The van der Waals surface area contributed by atoms with E-state index in [4.69, 9.17) is 4.74 Å². The molecular weight excluding hydrogens is 399 g/mol. The van der Waals surface area contributed by atoms with E-state index in [2.05, 4.69) is 20.9 Å². The van der Waals surface area contributed by atoms with E-state index in [1.807, 2.05) is 12.1 Å². The molecule has 1 aliphatic carbocycles. The lowest BCUT2D eigenvalue weighted by Gasteiger charge is -2.21. The van der Waals surface area contributed by atoms with Gasteiger partial charge in [-0.15, -0.1) is 0 Å². The van der Waals surface area contributed by atoms with Crippen LogP contribution in [0, 0.1) is 11.7 Å². The number of aryl methyl sites for hydroxylation is 1. The molecule has 31 heavy (non-hydrogen) atoms. The molecule has 0 atom stereocenters. The Morgan fingerprint density at radius 1 is 1.29 bits per heavy atom. The van der Waals surface area contributed by atoms with Gasteiger partial charge in [-0.1, -0.05) is 0 Å². The van der Waals surface area contributed by atoms with Gasteiger partial charge in [-0.2, -0.15) is 0 Å². The normalized spacial score (nSPS) is 15.7. The number of carboxylic acid groups (broad SMARTS) is 1. The van der Waals surface area contributed by atoms with Gasteiger partial charge in [0.1, 0.15) is 29.4 Å². The summed E-state index contributed by atoms with van der Waals surface area (Å²) in [7, 11) is 1.77. The molecule has 2 aliphatic rings. The van der Waals surface area contributed by atoms with E-state index in [0.29, 0.717) is 29.4 Å². The number of hydrogen-bond acceptors (Lipinski definition) is 4. The second-order valence-corrected chi connectivity index (χ2v) is 8.36. The van der Waals surface area contributed by atoms with Crippen molar-refractivity contribution < 1.29 is 19.0 Å². The maximum atomic E-state index is 14.8. The highest BCUT2D eigenvalue weighted by Gasteiger charge is 2.28. The van der Waals surface area contributed by atoms with Crippen molar-refractivity contribution in [1.82, 2.24) is 14.1 Å². The molecule has 0 saturated heterocycles. The van der Waals surface area contributed by atoms with Crippen molar-refractivity contribution in [1.29, 1.82) is 0 Å². The molecular formula is C23H21FN4O3. The number of nitrogens with zero attached hydrogens (tertiary/aromatic N) is 3. The molecule has 0 unspecified atom stereocenters. The van der Waals surface area contributed by atoms with E-state index in [9.17, 15) is 14.3 Å². The molecule has 2 aromatic heterocycles. The van der Waals surface area contributed by atoms with Crippen LogP contribution >= 0.6 is 0 Å². The van der Waals surface area contributed by atoms with Crippen LogP contribution in [0.1, 0.15) is 23.2 Å². The van der Waals surface area contributed by atoms with E-state index in [0.717, 1.165) is 47.2 Å². The van der Waals surface area contributed by atoms with Crippen molar-refractivity contribution in [3.8, 4) is 17.3 Å². The van der Waals surface area contributed by atoms with Gasteiger partial charge in [-0.3, -0.25) is 0 Å². The summed E-state index contributed by atoms with van der Waals surface area (Å²) in [5.41, 5.74) is 3.46. The van der Waals surface area contributed by atoms with Crippen molar-refractivity contribution in [2.24, 2.45) is 13.0 Å². The topological polar surface area (TPSA) is 81.3 Å². The summed E-state index contributed by atoms with van der Waals surface area (Å²) in [6.45, 7) is 2.22. The molecule has 7 nitrogen and oxygen atoms in total. The van der Waals surface area contributed by atoms with Crippen LogP contribution in [-0.4, -0.2) is 38.3 Å². The summed E-state index contributed by atoms with van der Waals surface area (Å²) < 4.78 is 24.6. The van der Waals surface area contributed by atoms with E-state index < -0.39 is 11.8 Å². The number of benzene rings is 2. The molecule has 2 N–H and O–H groups in total. The average molecular weight is 420 g/mol. The first-order chi connectivity index (χ1) is 15.0. The molecule has 0 amide bonds. The van der Waals surface area contributed by atoms with Crippen LogP contribution in [0.25, 0.3) is 33.5 Å². The number of carboxylic acids is 1. The van der Waals surface area contributed by atoms with Crippen LogP contribution in [-0.2, 0) is 13.6 Å². The highest BCUT2D eigenvalue weighted by Crippen LogP contribution is 2.42. The first kappa shape index (κ1) is 18.2. The predicted octanol–water partition coefficient (Wildman–Crippen LogP) is 4.25. The van der Waals surface area contributed by atoms with Gasteiger partial charge in [0, 0.05) is 25.5 Å². The van der Waals surface area contributed by atoms with Gasteiger partial charge in [0.05, 0.1) is 22.3 Å². The fraction of sp³-hybridized carbons (Fsp3) is 0.304. The third-order valence-corrected chi connectivity index (χ3v) is 6.22. The molecule has 2 aromatic carbocycles. The van der Waals surface area contributed by atoms with E-state index in [1.54, 1.807) is 11.6 Å². The minimum Gasteiger partial charge on any atom is -0.490 e. The second-order valence-electron chi connectivity index (χ2n) is 8.36.